The summed E-state index contributed by atoms with van der Waals surface area (Å²) >= 11 is 6.14. The molecule has 0 atom stereocenters. The van der Waals surface area contributed by atoms with E-state index in [2.05, 4.69) is 10.3 Å². The largest absolute Gasteiger partial charge is 0.370 e. The van der Waals surface area contributed by atoms with Gasteiger partial charge in [0.2, 0.25) is 0 Å². The van der Waals surface area contributed by atoms with E-state index in [0.717, 1.165) is 6.54 Å². The quantitative estimate of drug-likeness (QED) is 0.946. The molecule has 1 aromatic heterocycles. The number of anilines is 1. The number of carbonyl (C=O) groups excluding carboxylic acids is 1. The summed E-state index contributed by atoms with van der Waals surface area (Å²) in [7, 11) is 0. The molecule has 1 aromatic carbocycles. The SMILES string of the molecule is CCNc1ccc(Cl)c(C(=O)N2Cc3ccccc3C2)n1. The van der Waals surface area contributed by atoms with Crippen LogP contribution in [0.3, 0.4) is 0 Å². The molecule has 3 rings (SSSR count). The first kappa shape index (κ1) is 13.9. The Labute approximate surface area is 128 Å². The molecule has 0 saturated heterocycles. The molecule has 0 fully saturated rings. The Kier molecular flexibility index (Phi) is 3.80. The topological polar surface area (TPSA) is 45.2 Å². The molecule has 108 valence electrons. The lowest BCUT2D eigenvalue weighted by atomic mass is 10.1. The van der Waals surface area contributed by atoms with Crippen molar-refractivity contribution in [2.45, 2.75) is 20.0 Å². The number of rotatable bonds is 3. The van der Waals surface area contributed by atoms with E-state index in [9.17, 15) is 4.79 Å². The Bertz CT molecular complexity index is 662. The molecule has 0 radical (unpaired) electrons. The number of carbonyl (C=O) groups is 1. The van der Waals surface area contributed by atoms with E-state index in [0.29, 0.717) is 29.6 Å². The minimum absolute atomic E-state index is 0.129. The van der Waals surface area contributed by atoms with Crippen molar-refractivity contribution in [3.8, 4) is 0 Å². The summed E-state index contributed by atoms with van der Waals surface area (Å²) in [5.41, 5.74) is 2.68. The number of amides is 1. The first-order valence-corrected chi connectivity index (χ1v) is 7.33. The van der Waals surface area contributed by atoms with E-state index in [-0.39, 0.29) is 5.91 Å². The highest BCUT2D eigenvalue weighted by molar-refractivity contribution is 6.33. The van der Waals surface area contributed by atoms with Gasteiger partial charge in [0.1, 0.15) is 11.5 Å². The van der Waals surface area contributed by atoms with Gasteiger partial charge in [0.25, 0.3) is 5.91 Å². The molecule has 0 aliphatic carbocycles. The predicted molar refractivity (Wildman–Crippen MR) is 83.4 cm³/mol. The van der Waals surface area contributed by atoms with Gasteiger partial charge in [0, 0.05) is 19.6 Å². The Hall–Kier alpha value is -2.07. The molecule has 1 aliphatic rings. The number of hydrogen-bond donors (Lipinski definition) is 1. The summed E-state index contributed by atoms with van der Waals surface area (Å²) in [5.74, 6) is 0.540. The fraction of sp³-hybridized carbons (Fsp3) is 0.250. The fourth-order valence-electron chi connectivity index (χ4n) is 2.50. The van der Waals surface area contributed by atoms with Crippen molar-refractivity contribution in [2.75, 3.05) is 11.9 Å². The molecule has 1 aliphatic heterocycles. The molecule has 2 heterocycles. The van der Waals surface area contributed by atoms with E-state index < -0.39 is 0 Å². The second-order valence-corrected chi connectivity index (χ2v) is 5.39. The zero-order valence-electron chi connectivity index (χ0n) is 11.8. The third kappa shape index (κ3) is 2.72. The van der Waals surface area contributed by atoms with Crippen LogP contribution in [-0.4, -0.2) is 22.3 Å². The predicted octanol–water partition coefficient (Wildman–Crippen LogP) is 3.32. The Balaban J connectivity index is 1.85. The highest BCUT2D eigenvalue weighted by Crippen LogP contribution is 2.26. The molecule has 5 heteroatoms. The molecular weight excluding hydrogens is 286 g/mol. The molecule has 0 spiro atoms. The van der Waals surface area contributed by atoms with Gasteiger partial charge < -0.3 is 10.2 Å². The minimum atomic E-state index is -0.129. The zero-order valence-corrected chi connectivity index (χ0v) is 12.5. The Morgan fingerprint density at radius 1 is 1.24 bits per heavy atom. The van der Waals surface area contributed by atoms with Gasteiger partial charge in [0.15, 0.2) is 0 Å². The van der Waals surface area contributed by atoms with Crippen molar-refractivity contribution >= 4 is 23.3 Å². The van der Waals surface area contributed by atoms with Gasteiger partial charge in [0.05, 0.1) is 5.02 Å². The van der Waals surface area contributed by atoms with Crippen molar-refractivity contribution < 1.29 is 4.79 Å². The molecule has 1 amide bonds. The number of pyridine rings is 1. The average Bonchev–Trinajstić information content (AvgIpc) is 2.93. The van der Waals surface area contributed by atoms with Crippen molar-refractivity contribution in [1.82, 2.24) is 9.88 Å². The fourth-order valence-corrected chi connectivity index (χ4v) is 2.68. The maximum absolute atomic E-state index is 12.6. The van der Waals surface area contributed by atoms with Crippen LogP contribution in [0.4, 0.5) is 5.82 Å². The first-order valence-electron chi connectivity index (χ1n) is 6.95. The van der Waals surface area contributed by atoms with Gasteiger partial charge in [-0.15, -0.1) is 0 Å². The highest BCUT2D eigenvalue weighted by Gasteiger charge is 2.26. The van der Waals surface area contributed by atoms with Gasteiger partial charge in [-0.05, 0) is 30.2 Å². The summed E-state index contributed by atoms with van der Waals surface area (Å²) in [5, 5.41) is 3.48. The van der Waals surface area contributed by atoms with Crippen molar-refractivity contribution in [1.29, 1.82) is 0 Å². The van der Waals surface area contributed by atoms with Crippen LogP contribution in [-0.2, 0) is 13.1 Å². The number of hydrogen-bond acceptors (Lipinski definition) is 3. The Morgan fingerprint density at radius 3 is 2.52 bits per heavy atom. The number of nitrogens with one attached hydrogen (secondary N) is 1. The third-order valence-electron chi connectivity index (χ3n) is 3.53. The third-order valence-corrected chi connectivity index (χ3v) is 3.84. The Morgan fingerprint density at radius 2 is 1.90 bits per heavy atom. The number of halogens is 1. The summed E-state index contributed by atoms with van der Waals surface area (Å²) in [6, 6.07) is 11.6. The van der Waals surface area contributed by atoms with Crippen molar-refractivity contribution in [3.05, 3.63) is 58.2 Å². The molecule has 0 unspecified atom stereocenters. The molecule has 21 heavy (non-hydrogen) atoms. The van der Waals surface area contributed by atoms with Gasteiger partial charge in [-0.1, -0.05) is 35.9 Å². The van der Waals surface area contributed by atoms with E-state index in [1.165, 1.54) is 11.1 Å². The lowest BCUT2D eigenvalue weighted by Gasteiger charge is -2.16. The lowest BCUT2D eigenvalue weighted by molar-refractivity contribution is 0.0746. The van der Waals surface area contributed by atoms with E-state index >= 15 is 0 Å². The van der Waals surface area contributed by atoms with Crippen LogP contribution >= 0.6 is 11.6 Å². The summed E-state index contributed by atoms with van der Waals surface area (Å²) < 4.78 is 0. The molecular formula is C16H16ClN3O. The normalized spacial score (nSPS) is 13.1. The van der Waals surface area contributed by atoms with E-state index in [4.69, 9.17) is 11.6 Å². The molecule has 2 aromatic rings. The number of benzene rings is 1. The molecule has 4 nitrogen and oxygen atoms in total. The lowest BCUT2D eigenvalue weighted by Crippen LogP contribution is -2.26. The second-order valence-electron chi connectivity index (χ2n) is 4.99. The zero-order chi connectivity index (χ0) is 14.8. The van der Waals surface area contributed by atoms with Gasteiger partial charge in [-0.2, -0.15) is 0 Å². The smallest absolute Gasteiger partial charge is 0.274 e. The van der Waals surface area contributed by atoms with Gasteiger partial charge >= 0.3 is 0 Å². The van der Waals surface area contributed by atoms with Crippen molar-refractivity contribution in [3.63, 3.8) is 0 Å². The highest BCUT2D eigenvalue weighted by atomic mass is 35.5. The molecule has 0 bridgehead atoms. The van der Waals surface area contributed by atoms with Crippen LogP contribution < -0.4 is 5.32 Å². The molecule has 1 N–H and O–H groups in total. The summed E-state index contributed by atoms with van der Waals surface area (Å²) in [6.45, 7) is 3.95. The van der Waals surface area contributed by atoms with Crippen LogP contribution in [0.2, 0.25) is 5.02 Å². The maximum Gasteiger partial charge on any atom is 0.274 e. The van der Waals surface area contributed by atoms with Crippen LogP contribution in [0.1, 0.15) is 28.5 Å². The number of nitrogens with zero attached hydrogens (tertiary/aromatic N) is 2. The maximum atomic E-state index is 12.6. The van der Waals surface area contributed by atoms with Crippen LogP contribution in [0.25, 0.3) is 0 Å². The van der Waals surface area contributed by atoms with Crippen LogP contribution in [0.5, 0.6) is 0 Å². The summed E-state index contributed by atoms with van der Waals surface area (Å²) in [4.78, 5) is 18.8. The average molecular weight is 302 g/mol. The van der Waals surface area contributed by atoms with Crippen LogP contribution in [0, 0.1) is 0 Å². The first-order chi connectivity index (χ1) is 10.2. The number of aromatic nitrogens is 1. The minimum Gasteiger partial charge on any atom is -0.370 e. The summed E-state index contributed by atoms with van der Waals surface area (Å²) in [6.07, 6.45) is 0. The monoisotopic (exact) mass is 301 g/mol. The van der Waals surface area contributed by atoms with Gasteiger partial charge in [-0.3, -0.25) is 4.79 Å². The molecule has 0 saturated carbocycles. The van der Waals surface area contributed by atoms with Crippen molar-refractivity contribution in [2.24, 2.45) is 0 Å². The number of fused-ring (bicyclic) bond motifs is 1. The van der Waals surface area contributed by atoms with Gasteiger partial charge in [-0.25, -0.2) is 4.98 Å². The van der Waals surface area contributed by atoms with E-state index in [1.807, 2.05) is 31.2 Å². The second kappa shape index (κ2) is 5.74. The standard InChI is InChI=1S/C16H16ClN3O/c1-2-18-14-8-7-13(17)15(19-14)16(21)20-9-11-5-3-4-6-12(11)10-20/h3-8H,2,9-10H2,1H3,(H,18,19). The van der Waals surface area contributed by atoms with Crippen LogP contribution in [0.15, 0.2) is 36.4 Å². The van der Waals surface area contributed by atoms with E-state index in [1.54, 1.807) is 17.0 Å².